The van der Waals surface area contributed by atoms with Crippen molar-refractivity contribution in [3.05, 3.63) is 36.0 Å². The number of fused-ring (bicyclic) bond motifs is 1. The van der Waals surface area contributed by atoms with Gasteiger partial charge in [0.2, 0.25) is 5.95 Å². The van der Waals surface area contributed by atoms with Crippen LogP contribution in [0.15, 0.2) is 30.5 Å². The molecule has 0 aliphatic carbocycles. The van der Waals surface area contributed by atoms with E-state index in [4.69, 9.17) is 5.73 Å². The number of pyridine rings is 1. The van der Waals surface area contributed by atoms with Gasteiger partial charge < -0.3 is 5.73 Å². The van der Waals surface area contributed by atoms with Gasteiger partial charge in [-0.15, -0.1) is 5.10 Å². The molecule has 5 heteroatoms. The molecule has 5 nitrogen and oxygen atoms in total. The van der Waals surface area contributed by atoms with Crippen LogP contribution in [0, 0.1) is 11.8 Å². The lowest BCUT2D eigenvalue weighted by atomic mass is 10.2. The van der Waals surface area contributed by atoms with E-state index in [2.05, 4.69) is 21.9 Å². The number of ketones is 1. The highest BCUT2D eigenvalue weighted by Crippen LogP contribution is 2.05. The monoisotopic (exact) mass is 240 g/mol. The lowest BCUT2D eigenvalue weighted by Gasteiger charge is -1.91. The van der Waals surface area contributed by atoms with Crippen molar-refractivity contribution >= 4 is 17.4 Å². The number of nitrogens with zero attached hydrogens (tertiary/aromatic N) is 3. The second-order valence-electron chi connectivity index (χ2n) is 3.77. The van der Waals surface area contributed by atoms with Crippen LogP contribution in [0.1, 0.15) is 18.9 Å². The van der Waals surface area contributed by atoms with Crippen molar-refractivity contribution in [3.8, 4) is 11.8 Å². The minimum absolute atomic E-state index is 0.119. The summed E-state index contributed by atoms with van der Waals surface area (Å²) in [5.74, 6) is 6.16. The van der Waals surface area contributed by atoms with E-state index in [1.807, 2.05) is 6.07 Å². The largest absolute Gasteiger partial charge is 0.366 e. The fourth-order valence-electron chi connectivity index (χ4n) is 1.39. The van der Waals surface area contributed by atoms with E-state index in [1.165, 1.54) is 0 Å². The summed E-state index contributed by atoms with van der Waals surface area (Å²) in [5.41, 5.74) is 6.97. The molecular formula is C13H12N4O. The summed E-state index contributed by atoms with van der Waals surface area (Å²) in [6, 6.07) is 3.63. The van der Waals surface area contributed by atoms with Crippen LogP contribution in [0.2, 0.25) is 0 Å². The maximum absolute atomic E-state index is 10.7. The highest BCUT2D eigenvalue weighted by molar-refractivity contribution is 5.77. The minimum Gasteiger partial charge on any atom is -0.366 e. The van der Waals surface area contributed by atoms with Gasteiger partial charge >= 0.3 is 0 Å². The predicted molar refractivity (Wildman–Crippen MR) is 68.7 cm³/mol. The van der Waals surface area contributed by atoms with Crippen molar-refractivity contribution in [1.29, 1.82) is 0 Å². The number of hydrogen-bond donors (Lipinski definition) is 1. The SMILES string of the molecule is CC(=O)C/C=C/C#Cc1ccn2nc(N)nc2c1. The first kappa shape index (κ1) is 11.9. The van der Waals surface area contributed by atoms with E-state index in [-0.39, 0.29) is 11.7 Å². The molecule has 0 aromatic carbocycles. The molecule has 0 saturated carbocycles. The molecule has 0 aliphatic heterocycles. The number of carbonyl (C=O) groups is 1. The average Bonchev–Trinajstić information content (AvgIpc) is 2.67. The van der Waals surface area contributed by atoms with Crippen LogP contribution < -0.4 is 5.73 Å². The average molecular weight is 240 g/mol. The highest BCUT2D eigenvalue weighted by atomic mass is 16.1. The standard InChI is InChI=1S/C13H12N4O/c1-10(18)5-3-2-4-6-11-7-8-17-12(9-11)15-13(14)16-17/h2-3,7-9H,5H2,1H3,(H2,14,16)/b3-2+. The van der Waals surface area contributed by atoms with Gasteiger partial charge in [0, 0.05) is 18.2 Å². The summed E-state index contributed by atoms with van der Waals surface area (Å²) in [6.07, 6.45) is 5.57. The first-order valence-corrected chi connectivity index (χ1v) is 5.43. The molecule has 2 heterocycles. The molecule has 0 atom stereocenters. The van der Waals surface area contributed by atoms with Crippen LogP contribution in [0.5, 0.6) is 0 Å². The second kappa shape index (κ2) is 5.15. The lowest BCUT2D eigenvalue weighted by Crippen LogP contribution is -1.88. The zero-order valence-corrected chi connectivity index (χ0v) is 9.92. The smallest absolute Gasteiger partial charge is 0.240 e. The summed E-state index contributed by atoms with van der Waals surface area (Å²) < 4.78 is 1.59. The second-order valence-corrected chi connectivity index (χ2v) is 3.77. The fourth-order valence-corrected chi connectivity index (χ4v) is 1.39. The van der Waals surface area contributed by atoms with Gasteiger partial charge in [-0.2, -0.15) is 4.98 Å². The number of nitrogen functional groups attached to an aromatic ring is 1. The Morgan fingerprint density at radius 3 is 3.22 bits per heavy atom. The highest BCUT2D eigenvalue weighted by Gasteiger charge is 1.98. The molecule has 2 aromatic rings. The van der Waals surface area contributed by atoms with Crippen LogP contribution in [-0.2, 0) is 4.79 Å². The van der Waals surface area contributed by atoms with Crippen molar-refractivity contribution in [1.82, 2.24) is 14.6 Å². The van der Waals surface area contributed by atoms with Gasteiger partial charge in [0.15, 0.2) is 5.65 Å². The Bertz CT molecular complexity index is 673. The van der Waals surface area contributed by atoms with Gasteiger partial charge in [0.25, 0.3) is 0 Å². The molecule has 0 unspecified atom stereocenters. The number of allylic oxidation sites excluding steroid dienone is 2. The molecule has 0 radical (unpaired) electrons. The zero-order chi connectivity index (χ0) is 13.0. The van der Waals surface area contributed by atoms with E-state index in [1.54, 1.807) is 35.9 Å². The van der Waals surface area contributed by atoms with Gasteiger partial charge in [-0.3, -0.25) is 4.79 Å². The zero-order valence-electron chi connectivity index (χ0n) is 9.92. The van der Waals surface area contributed by atoms with E-state index in [0.29, 0.717) is 12.1 Å². The summed E-state index contributed by atoms with van der Waals surface area (Å²) >= 11 is 0. The van der Waals surface area contributed by atoms with Crippen LogP contribution in [0.4, 0.5) is 5.95 Å². The van der Waals surface area contributed by atoms with E-state index in [9.17, 15) is 4.79 Å². The molecule has 0 saturated heterocycles. The summed E-state index contributed by atoms with van der Waals surface area (Å²) in [5, 5.41) is 3.97. The van der Waals surface area contributed by atoms with Gasteiger partial charge in [0.1, 0.15) is 5.78 Å². The van der Waals surface area contributed by atoms with Crippen LogP contribution in [0.3, 0.4) is 0 Å². The Balaban J connectivity index is 2.14. The molecule has 0 amide bonds. The molecular weight excluding hydrogens is 228 g/mol. The van der Waals surface area contributed by atoms with E-state index >= 15 is 0 Å². The van der Waals surface area contributed by atoms with Gasteiger partial charge in [-0.05, 0) is 25.1 Å². The van der Waals surface area contributed by atoms with Crippen LogP contribution in [-0.4, -0.2) is 20.4 Å². The Morgan fingerprint density at radius 1 is 1.61 bits per heavy atom. The first-order chi connectivity index (χ1) is 8.65. The van der Waals surface area contributed by atoms with Crippen molar-refractivity contribution in [3.63, 3.8) is 0 Å². The Hall–Kier alpha value is -2.61. The quantitative estimate of drug-likeness (QED) is 0.800. The Labute approximate surface area is 104 Å². The molecule has 0 bridgehead atoms. The molecule has 0 aliphatic rings. The maximum atomic E-state index is 10.7. The van der Waals surface area contributed by atoms with Gasteiger partial charge in [0.05, 0.1) is 0 Å². The summed E-state index contributed by atoms with van der Waals surface area (Å²) in [7, 11) is 0. The van der Waals surface area contributed by atoms with E-state index < -0.39 is 0 Å². The number of anilines is 1. The third-order valence-electron chi connectivity index (χ3n) is 2.18. The molecule has 2 N–H and O–H groups in total. The molecule has 90 valence electrons. The van der Waals surface area contributed by atoms with Gasteiger partial charge in [-0.1, -0.05) is 17.9 Å². The molecule has 2 aromatic heterocycles. The molecule has 18 heavy (non-hydrogen) atoms. The Morgan fingerprint density at radius 2 is 2.44 bits per heavy atom. The third kappa shape index (κ3) is 2.95. The van der Waals surface area contributed by atoms with Crippen molar-refractivity contribution in [2.75, 3.05) is 5.73 Å². The Kier molecular flexibility index (Phi) is 3.39. The van der Waals surface area contributed by atoms with Crippen molar-refractivity contribution < 1.29 is 4.79 Å². The number of hydrogen-bond acceptors (Lipinski definition) is 4. The topological polar surface area (TPSA) is 73.3 Å². The van der Waals surface area contributed by atoms with Crippen molar-refractivity contribution in [2.24, 2.45) is 0 Å². The first-order valence-electron chi connectivity index (χ1n) is 5.43. The van der Waals surface area contributed by atoms with E-state index in [0.717, 1.165) is 5.56 Å². The van der Waals surface area contributed by atoms with Crippen LogP contribution in [0.25, 0.3) is 5.65 Å². The maximum Gasteiger partial charge on any atom is 0.240 e. The molecule has 2 rings (SSSR count). The fraction of sp³-hybridized carbons (Fsp3) is 0.154. The third-order valence-corrected chi connectivity index (χ3v) is 2.18. The minimum atomic E-state index is 0.119. The predicted octanol–water partition coefficient (Wildman–Crippen LogP) is 1.20. The molecule has 0 spiro atoms. The number of rotatable bonds is 2. The number of aromatic nitrogens is 3. The number of carbonyl (C=O) groups excluding carboxylic acids is 1. The summed E-state index contributed by atoms with van der Waals surface area (Å²) in [6.45, 7) is 1.54. The number of Topliss-reactive ketones (excluding diaryl/α,β-unsaturated/α-hetero) is 1. The molecule has 0 fully saturated rings. The summed E-state index contributed by atoms with van der Waals surface area (Å²) in [4.78, 5) is 14.7. The van der Waals surface area contributed by atoms with Gasteiger partial charge in [-0.25, -0.2) is 4.52 Å². The lowest BCUT2D eigenvalue weighted by molar-refractivity contribution is -0.116. The van der Waals surface area contributed by atoms with Crippen molar-refractivity contribution in [2.45, 2.75) is 13.3 Å². The van der Waals surface area contributed by atoms with Crippen LogP contribution >= 0.6 is 0 Å². The number of nitrogens with two attached hydrogens (primary N) is 1. The normalized spacial score (nSPS) is 10.5.